The highest BCUT2D eigenvalue weighted by molar-refractivity contribution is 7.90. The predicted molar refractivity (Wildman–Crippen MR) is 138 cm³/mol. The largest absolute Gasteiger partial charge is 0.376 e. The molecule has 1 unspecified atom stereocenters. The number of carbonyl (C=O) groups excluding carboxylic acids is 1. The zero-order valence-corrected chi connectivity index (χ0v) is 21.7. The number of ether oxygens (including phenoxy) is 1. The van der Waals surface area contributed by atoms with Gasteiger partial charge in [0.05, 0.1) is 36.8 Å². The number of hydrogen-bond donors (Lipinski definition) is 1. The van der Waals surface area contributed by atoms with Crippen LogP contribution in [0.5, 0.6) is 0 Å². The molecule has 1 aliphatic heterocycles. The van der Waals surface area contributed by atoms with Crippen LogP contribution < -0.4 is 5.32 Å². The van der Waals surface area contributed by atoms with Crippen molar-refractivity contribution in [2.45, 2.75) is 56.8 Å². The molecule has 4 rings (SSSR count). The van der Waals surface area contributed by atoms with E-state index in [2.05, 4.69) is 10.3 Å². The van der Waals surface area contributed by atoms with E-state index in [1.165, 1.54) is 0 Å². The number of rotatable bonds is 10. The first kappa shape index (κ1) is 25.9. The molecule has 36 heavy (non-hydrogen) atoms. The van der Waals surface area contributed by atoms with Crippen molar-refractivity contribution in [2.75, 3.05) is 19.7 Å². The Labute approximate surface area is 213 Å². The van der Waals surface area contributed by atoms with Gasteiger partial charge < -0.3 is 19.5 Å². The molecule has 0 radical (unpaired) electrons. The third kappa shape index (κ3) is 6.33. The van der Waals surface area contributed by atoms with Crippen LogP contribution in [0.2, 0.25) is 0 Å². The van der Waals surface area contributed by atoms with Gasteiger partial charge in [-0.2, -0.15) is 0 Å². The molecule has 2 amide bonds. The van der Waals surface area contributed by atoms with E-state index in [0.29, 0.717) is 31.9 Å². The first-order chi connectivity index (χ1) is 17.4. The molecule has 1 saturated heterocycles. The maximum atomic E-state index is 13.6. The first-order valence-electron chi connectivity index (χ1n) is 12.4. The Bertz CT molecular complexity index is 1270. The molecule has 3 aromatic rings. The fourth-order valence-electron chi connectivity index (χ4n) is 4.45. The average molecular weight is 511 g/mol. The number of urea groups is 1. The van der Waals surface area contributed by atoms with Crippen molar-refractivity contribution in [2.24, 2.45) is 0 Å². The number of benzene rings is 2. The minimum atomic E-state index is -3.75. The summed E-state index contributed by atoms with van der Waals surface area (Å²) in [5, 5.41) is 2.88. The zero-order valence-electron chi connectivity index (χ0n) is 20.9. The summed E-state index contributed by atoms with van der Waals surface area (Å²) in [5.41, 5.74) is 3.27. The minimum absolute atomic E-state index is 0.0116. The summed E-state index contributed by atoms with van der Waals surface area (Å²) in [6, 6.07) is 16.9. The van der Waals surface area contributed by atoms with Gasteiger partial charge in [0, 0.05) is 19.7 Å². The second-order valence-corrected chi connectivity index (χ2v) is 11.0. The van der Waals surface area contributed by atoms with Crippen molar-refractivity contribution >= 4 is 15.9 Å². The van der Waals surface area contributed by atoms with E-state index in [0.717, 1.165) is 29.5 Å². The van der Waals surface area contributed by atoms with E-state index in [1.807, 2.05) is 68.4 Å². The summed E-state index contributed by atoms with van der Waals surface area (Å²) in [5.74, 6) is -0.138. The highest BCUT2D eigenvalue weighted by Gasteiger charge is 2.28. The van der Waals surface area contributed by atoms with Gasteiger partial charge >= 0.3 is 6.03 Å². The molecule has 0 spiro atoms. The minimum Gasteiger partial charge on any atom is -0.376 e. The fourth-order valence-corrected chi connectivity index (χ4v) is 6.05. The molecule has 1 N–H and O–H groups in total. The molecule has 1 fully saturated rings. The summed E-state index contributed by atoms with van der Waals surface area (Å²) in [6.07, 6.45) is 3.42. The number of hydrogen-bond acceptors (Lipinski definition) is 5. The van der Waals surface area contributed by atoms with Gasteiger partial charge in [0.15, 0.2) is 0 Å². The summed E-state index contributed by atoms with van der Waals surface area (Å²) >= 11 is 0. The molecule has 1 aromatic heterocycles. The number of nitrogens with zero attached hydrogens (tertiary/aromatic N) is 3. The van der Waals surface area contributed by atoms with Gasteiger partial charge in [0.1, 0.15) is 0 Å². The number of sulfone groups is 1. The Kier molecular flexibility index (Phi) is 8.43. The molecule has 192 valence electrons. The van der Waals surface area contributed by atoms with Gasteiger partial charge in [-0.25, -0.2) is 18.2 Å². The maximum Gasteiger partial charge on any atom is 0.317 e. The summed E-state index contributed by atoms with van der Waals surface area (Å²) < 4.78 is 34.7. The summed E-state index contributed by atoms with van der Waals surface area (Å²) in [4.78, 5) is 19.0. The highest BCUT2D eigenvalue weighted by atomic mass is 32.2. The van der Waals surface area contributed by atoms with E-state index in [-0.39, 0.29) is 29.6 Å². The van der Waals surface area contributed by atoms with E-state index in [1.54, 1.807) is 15.7 Å². The number of aryl methyl sites for hydroxylation is 1. The molecule has 2 aromatic carbocycles. The third-order valence-electron chi connectivity index (χ3n) is 6.39. The van der Waals surface area contributed by atoms with Crippen LogP contribution in [0, 0.1) is 6.92 Å². The molecule has 0 aliphatic carbocycles. The van der Waals surface area contributed by atoms with Crippen LogP contribution in [0.1, 0.15) is 42.1 Å². The van der Waals surface area contributed by atoms with E-state index in [9.17, 15) is 13.2 Å². The average Bonchev–Trinajstić information content (AvgIpc) is 3.51. The molecule has 0 saturated carbocycles. The number of imidazole rings is 1. The van der Waals surface area contributed by atoms with Crippen molar-refractivity contribution in [3.63, 3.8) is 0 Å². The smallest absolute Gasteiger partial charge is 0.317 e. The highest BCUT2D eigenvalue weighted by Crippen LogP contribution is 2.22. The molecule has 9 heteroatoms. The Balaban J connectivity index is 1.68. The molecule has 0 bridgehead atoms. The molecular weight excluding hydrogens is 476 g/mol. The Morgan fingerprint density at radius 3 is 2.61 bits per heavy atom. The quantitative estimate of drug-likeness (QED) is 0.446. The molecule has 1 atom stereocenters. The molecular formula is C27H34N4O4S. The van der Waals surface area contributed by atoms with E-state index >= 15 is 0 Å². The third-order valence-corrected chi connectivity index (χ3v) is 7.96. The lowest BCUT2D eigenvalue weighted by Gasteiger charge is -2.26. The number of carbonyl (C=O) groups is 1. The molecule has 2 heterocycles. The van der Waals surface area contributed by atoms with Crippen molar-refractivity contribution in [3.8, 4) is 0 Å². The van der Waals surface area contributed by atoms with Crippen LogP contribution in [-0.4, -0.2) is 54.7 Å². The van der Waals surface area contributed by atoms with Gasteiger partial charge in [0.2, 0.25) is 15.0 Å². The second kappa shape index (κ2) is 11.7. The van der Waals surface area contributed by atoms with E-state index in [4.69, 9.17) is 4.74 Å². The lowest BCUT2D eigenvalue weighted by molar-refractivity contribution is 0.0789. The van der Waals surface area contributed by atoms with Crippen LogP contribution in [0.25, 0.3) is 0 Å². The predicted octanol–water partition coefficient (Wildman–Crippen LogP) is 3.92. The standard InChI is InChI=1S/C27H34N4O4S/c1-3-28-26(32)30(19-25-14-9-15-35-25)18-24-16-29-27(31(24)17-22-11-5-4-6-12-22)36(33,34)20-23-13-8-7-10-21(23)2/h4-8,10-13,16,25H,3,9,14-15,17-20H2,1-2H3,(H,28,32). The van der Waals surface area contributed by atoms with Gasteiger partial charge in [-0.15, -0.1) is 0 Å². The monoisotopic (exact) mass is 510 g/mol. The lowest BCUT2D eigenvalue weighted by Crippen LogP contribution is -2.43. The van der Waals surface area contributed by atoms with Crippen molar-refractivity contribution in [1.29, 1.82) is 0 Å². The van der Waals surface area contributed by atoms with Gasteiger partial charge in [-0.05, 0) is 43.4 Å². The van der Waals surface area contributed by atoms with Crippen LogP contribution in [0.3, 0.4) is 0 Å². The van der Waals surface area contributed by atoms with Crippen LogP contribution in [-0.2, 0) is 33.4 Å². The zero-order chi connectivity index (χ0) is 25.5. The number of amides is 2. The lowest BCUT2D eigenvalue weighted by atomic mass is 10.1. The SMILES string of the molecule is CCNC(=O)N(Cc1cnc(S(=O)(=O)Cc2ccccc2C)n1Cc1ccccc1)CC1CCCO1. The van der Waals surface area contributed by atoms with Crippen molar-refractivity contribution < 1.29 is 17.9 Å². The normalized spacial score (nSPS) is 15.7. The molecule has 8 nitrogen and oxygen atoms in total. The van der Waals surface area contributed by atoms with Crippen molar-refractivity contribution in [3.05, 3.63) is 83.2 Å². The number of nitrogens with one attached hydrogen (secondary N) is 1. The van der Waals surface area contributed by atoms with E-state index < -0.39 is 9.84 Å². The van der Waals surface area contributed by atoms with Crippen LogP contribution in [0.15, 0.2) is 66.0 Å². The number of aromatic nitrogens is 2. The topological polar surface area (TPSA) is 93.5 Å². The first-order valence-corrected chi connectivity index (χ1v) is 14.0. The van der Waals surface area contributed by atoms with Crippen LogP contribution >= 0.6 is 0 Å². The van der Waals surface area contributed by atoms with Gasteiger partial charge in [-0.3, -0.25) is 0 Å². The molecule has 1 aliphatic rings. The summed E-state index contributed by atoms with van der Waals surface area (Å²) in [6.45, 7) is 5.97. The van der Waals surface area contributed by atoms with Crippen LogP contribution in [0.4, 0.5) is 4.79 Å². The Morgan fingerprint density at radius 2 is 1.92 bits per heavy atom. The van der Waals surface area contributed by atoms with Gasteiger partial charge in [-0.1, -0.05) is 54.6 Å². The second-order valence-electron chi connectivity index (χ2n) is 9.14. The Morgan fingerprint density at radius 1 is 1.17 bits per heavy atom. The Hall–Kier alpha value is -3.17. The fraction of sp³-hybridized carbons (Fsp3) is 0.407. The van der Waals surface area contributed by atoms with Gasteiger partial charge in [0.25, 0.3) is 0 Å². The van der Waals surface area contributed by atoms with Crippen molar-refractivity contribution in [1.82, 2.24) is 19.8 Å². The summed E-state index contributed by atoms with van der Waals surface area (Å²) in [7, 11) is -3.75. The maximum absolute atomic E-state index is 13.6.